The highest BCUT2D eigenvalue weighted by Gasteiger charge is 2.07. The van der Waals surface area contributed by atoms with E-state index >= 15 is 0 Å². The van der Waals surface area contributed by atoms with Crippen LogP contribution in [-0.2, 0) is 0 Å². The number of carbonyl (C=O) groups is 1. The lowest BCUT2D eigenvalue weighted by molar-refractivity contribution is 0.0953. The van der Waals surface area contributed by atoms with E-state index in [2.05, 4.69) is 11.9 Å². The first-order chi connectivity index (χ1) is 8.19. The van der Waals surface area contributed by atoms with Crippen LogP contribution in [0.2, 0.25) is 0 Å². The molecule has 0 fully saturated rings. The van der Waals surface area contributed by atoms with Crippen LogP contribution in [0.1, 0.15) is 23.7 Å². The van der Waals surface area contributed by atoms with E-state index in [1.165, 1.54) is 0 Å². The molecule has 0 radical (unpaired) electrons. The number of anilines is 1. The normalized spacial score (nSPS) is 9.71. The molecule has 4 nitrogen and oxygen atoms in total. The topological polar surface area (TPSA) is 64.3 Å². The third kappa shape index (κ3) is 3.83. The van der Waals surface area contributed by atoms with Gasteiger partial charge in [0, 0.05) is 12.1 Å². The number of benzene rings is 1. The minimum absolute atomic E-state index is 0.117. The molecule has 0 saturated heterocycles. The number of hydrogen-bond donors (Lipinski definition) is 2. The average molecular weight is 234 g/mol. The van der Waals surface area contributed by atoms with Gasteiger partial charge in [-0.2, -0.15) is 0 Å². The van der Waals surface area contributed by atoms with Gasteiger partial charge in [-0.3, -0.25) is 4.79 Å². The van der Waals surface area contributed by atoms with E-state index in [0.717, 1.165) is 6.42 Å². The molecule has 0 aliphatic carbocycles. The highest BCUT2D eigenvalue weighted by Crippen LogP contribution is 2.22. The Balaban J connectivity index is 2.73. The maximum absolute atomic E-state index is 11.7. The zero-order chi connectivity index (χ0) is 12.7. The second-order valence-electron chi connectivity index (χ2n) is 3.61. The van der Waals surface area contributed by atoms with Gasteiger partial charge in [0.2, 0.25) is 0 Å². The molecule has 17 heavy (non-hydrogen) atoms. The van der Waals surface area contributed by atoms with E-state index in [1.54, 1.807) is 24.3 Å². The second-order valence-corrected chi connectivity index (χ2v) is 3.61. The van der Waals surface area contributed by atoms with Gasteiger partial charge in [-0.25, -0.2) is 0 Å². The molecule has 1 amide bonds. The Hall–Kier alpha value is -1.97. The van der Waals surface area contributed by atoms with Gasteiger partial charge >= 0.3 is 0 Å². The second kappa shape index (κ2) is 6.58. The van der Waals surface area contributed by atoms with Crippen LogP contribution in [0, 0.1) is 0 Å². The summed E-state index contributed by atoms with van der Waals surface area (Å²) in [6, 6.07) is 5.00. The summed E-state index contributed by atoms with van der Waals surface area (Å²) >= 11 is 0. The molecule has 0 aromatic heterocycles. The Labute approximate surface area is 101 Å². The molecule has 4 heteroatoms. The summed E-state index contributed by atoms with van der Waals surface area (Å²) in [5.41, 5.74) is 6.79. The number of rotatable bonds is 6. The quantitative estimate of drug-likeness (QED) is 0.584. The fourth-order valence-corrected chi connectivity index (χ4v) is 1.31. The number of nitrogens with one attached hydrogen (secondary N) is 1. The Bertz CT molecular complexity index is 402. The maximum Gasteiger partial charge on any atom is 0.251 e. The first-order valence-electron chi connectivity index (χ1n) is 5.60. The molecular weight excluding hydrogens is 216 g/mol. The van der Waals surface area contributed by atoms with Crippen molar-refractivity contribution >= 4 is 11.6 Å². The Morgan fingerprint density at radius 2 is 2.35 bits per heavy atom. The summed E-state index contributed by atoms with van der Waals surface area (Å²) < 4.78 is 5.33. The summed E-state index contributed by atoms with van der Waals surface area (Å²) in [7, 11) is 0. The SMILES string of the molecule is C=CCOc1ccc(C(=O)NCCC)cc1N. The average Bonchev–Trinajstić information content (AvgIpc) is 2.34. The molecule has 1 aromatic carbocycles. The van der Waals surface area contributed by atoms with Gasteiger partial charge in [0.15, 0.2) is 0 Å². The Kier molecular flexibility index (Phi) is 5.07. The number of carbonyl (C=O) groups excluding carboxylic acids is 1. The van der Waals surface area contributed by atoms with Gasteiger partial charge in [0.25, 0.3) is 5.91 Å². The minimum atomic E-state index is -0.117. The molecule has 0 heterocycles. The van der Waals surface area contributed by atoms with Gasteiger partial charge in [0.05, 0.1) is 5.69 Å². The molecule has 0 unspecified atom stereocenters. The van der Waals surface area contributed by atoms with Crippen LogP contribution < -0.4 is 15.8 Å². The number of ether oxygens (including phenoxy) is 1. The molecule has 0 aliphatic rings. The van der Waals surface area contributed by atoms with Crippen LogP contribution in [0.25, 0.3) is 0 Å². The summed E-state index contributed by atoms with van der Waals surface area (Å²) in [6.07, 6.45) is 2.54. The van der Waals surface area contributed by atoms with Crippen LogP contribution in [0.15, 0.2) is 30.9 Å². The van der Waals surface area contributed by atoms with Crippen molar-refractivity contribution < 1.29 is 9.53 Å². The van der Waals surface area contributed by atoms with E-state index in [0.29, 0.717) is 30.2 Å². The fourth-order valence-electron chi connectivity index (χ4n) is 1.31. The summed E-state index contributed by atoms with van der Waals surface area (Å²) in [6.45, 7) is 6.61. The lowest BCUT2D eigenvalue weighted by Gasteiger charge is -2.09. The zero-order valence-corrected chi connectivity index (χ0v) is 10.0. The van der Waals surface area contributed by atoms with Crippen molar-refractivity contribution in [1.82, 2.24) is 5.32 Å². The van der Waals surface area contributed by atoms with Crippen molar-refractivity contribution in [2.45, 2.75) is 13.3 Å². The van der Waals surface area contributed by atoms with Crippen LogP contribution in [0.4, 0.5) is 5.69 Å². The van der Waals surface area contributed by atoms with Crippen molar-refractivity contribution in [2.24, 2.45) is 0 Å². The first-order valence-corrected chi connectivity index (χ1v) is 5.60. The summed E-state index contributed by atoms with van der Waals surface area (Å²) in [5, 5.41) is 2.79. The molecule has 0 aliphatic heterocycles. The smallest absolute Gasteiger partial charge is 0.251 e. The first kappa shape index (κ1) is 13.1. The van der Waals surface area contributed by atoms with Gasteiger partial charge in [-0.1, -0.05) is 19.6 Å². The number of amides is 1. The highest BCUT2D eigenvalue weighted by molar-refractivity contribution is 5.95. The van der Waals surface area contributed by atoms with Crippen molar-refractivity contribution in [3.8, 4) is 5.75 Å². The Morgan fingerprint density at radius 3 is 2.94 bits per heavy atom. The lowest BCUT2D eigenvalue weighted by atomic mass is 10.1. The van der Waals surface area contributed by atoms with Gasteiger partial charge < -0.3 is 15.8 Å². The number of nitrogens with two attached hydrogens (primary N) is 1. The highest BCUT2D eigenvalue weighted by atomic mass is 16.5. The summed E-state index contributed by atoms with van der Waals surface area (Å²) in [4.78, 5) is 11.7. The Morgan fingerprint density at radius 1 is 1.59 bits per heavy atom. The third-order valence-electron chi connectivity index (χ3n) is 2.16. The predicted molar refractivity (Wildman–Crippen MR) is 69.2 cm³/mol. The van der Waals surface area contributed by atoms with Crippen molar-refractivity contribution in [3.63, 3.8) is 0 Å². The van der Waals surface area contributed by atoms with Gasteiger partial charge in [-0.15, -0.1) is 0 Å². The van der Waals surface area contributed by atoms with E-state index in [9.17, 15) is 4.79 Å². The van der Waals surface area contributed by atoms with E-state index in [1.807, 2.05) is 6.92 Å². The molecule has 3 N–H and O–H groups in total. The molecular formula is C13H18N2O2. The van der Waals surface area contributed by atoms with Crippen molar-refractivity contribution in [1.29, 1.82) is 0 Å². The third-order valence-corrected chi connectivity index (χ3v) is 2.16. The molecule has 0 bridgehead atoms. The standard InChI is InChI=1S/C13H18N2O2/c1-3-7-15-13(16)10-5-6-12(11(14)9-10)17-8-4-2/h4-6,9H,2-3,7-8,14H2,1H3,(H,15,16). The van der Waals surface area contributed by atoms with Crippen LogP contribution in [0.5, 0.6) is 5.75 Å². The molecule has 92 valence electrons. The van der Waals surface area contributed by atoms with E-state index in [-0.39, 0.29) is 5.91 Å². The fraction of sp³-hybridized carbons (Fsp3) is 0.308. The van der Waals surface area contributed by atoms with Crippen LogP contribution in [0.3, 0.4) is 0 Å². The number of nitrogen functional groups attached to an aromatic ring is 1. The van der Waals surface area contributed by atoms with Crippen LogP contribution in [-0.4, -0.2) is 19.1 Å². The van der Waals surface area contributed by atoms with E-state index in [4.69, 9.17) is 10.5 Å². The molecule has 1 rings (SSSR count). The summed E-state index contributed by atoms with van der Waals surface area (Å²) in [5.74, 6) is 0.450. The van der Waals surface area contributed by atoms with Gasteiger partial charge in [0.1, 0.15) is 12.4 Å². The van der Waals surface area contributed by atoms with Crippen molar-refractivity contribution in [3.05, 3.63) is 36.4 Å². The van der Waals surface area contributed by atoms with Gasteiger partial charge in [-0.05, 0) is 24.6 Å². The largest absolute Gasteiger partial charge is 0.487 e. The monoisotopic (exact) mass is 234 g/mol. The molecule has 0 spiro atoms. The molecule has 0 atom stereocenters. The lowest BCUT2D eigenvalue weighted by Crippen LogP contribution is -2.24. The predicted octanol–water partition coefficient (Wildman–Crippen LogP) is 1.97. The number of hydrogen-bond acceptors (Lipinski definition) is 3. The van der Waals surface area contributed by atoms with E-state index < -0.39 is 0 Å². The van der Waals surface area contributed by atoms with Crippen molar-refractivity contribution in [2.75, 3.05) is 18.9 Å². The molecule has 1 aromatic rings. The zero-order valence-electron chi connectivity index (χ0n) is 10.0. The minimum Gasteiger partial charge on any atom is -0.487 e. The maximum atomic E-state index is 11.7. The molecule has 0 saturated carbocycles. The van der Waals surface area contributed by atoms with Crippen LogP contribution >= 0.6 is 0 Å².